The van der Waals surface area contributed by atoms with Crippen molar-refractivity contribution in [2.24, 2.45) is 5.73 Å². The molecule has 0 unspecified atom stereocenters. The van der Waals surface area contributed by atoms with E-state index in [-0.39, 0.29) is 6.04 Å². The van der Waals surface area contributed by atoms with E-state index in [4.69, 9.17) is 17.3 Å². The van der Waals surface area contributed by atoms with Crippen molar-refractivity contribution in [2.75, 3.05) is 0 Å². The second kappa shape index (κ2) is 2.68. The van der Waals surface area contributed by atoms with Gasteiger partial charge in [0.2, 0.25) is 0 Å². The molecule has 0 aromatic carbocycles. The number of nitrogens with zero attached hydrogens (tertiary/aromatic N) is 2. The molecule has 2 heterocycles. The van der Waals surface area contributed by atoms with Crippen molar-refractivity contribution in [1.82, 2.24) is 15.0 Å². The molecule has 1 saturated carbocycles. The number of aromatic nitrogens is 3. The van der Waals surface area contributed by atoms with Gasteiger partial charge in [0.1, 0.15) is 17.1 Å². The summed E-state index contributed by atoms with van der Waals surface area (Å²) in [6.07, 6.45) is 4.42. The Bertz CT molecular complexity index is 493. The third-order valence-electron chi connectivity index (χ3n) is 2.69. The zero-order chi connectivity index (χ0) is 9.71. The summed E-state index contributed by atoms with van der Waals surface area (Å²) in [6.45, 7) is 0. The topological polar surface area (TPSA) is 67.6 Å². The molecule has 3 rings (SSSR count). The van der Waals surface area contributed by atoms with Crippen LogP contribution in [0.1, 0.15) is 17.9 Å². The zero-order valence-corrected chi connectivity index (χ0v) is 8.12. The summed E-state index contributed by atoms with van der Waals surface area (Å²) in [6, 6.07) is 0.269. The molecule has 0 radical (unpaired) electrons. The number of H-pyrrole nitrogens is 1. The molecular formula is C9H9ClN4. The van der Waals surface area contributed by atoms with Gasteiger partial charge in [0.05, 0.1) is 5.39 Å². The molecule has 2 aromatic rings. The van der Waals surface area contributed by atoms with Crippen LogP contribution in [0.3, 0.4) is 0 Å². The Kier molecular flexibility index (Phi) is 1.57. The maximum absolute atomic E-state index is 6.01. The van der Waals surface area contributed by atoms with Gasteiger partial charge in [0.15, 0.2) is 0 Å². The molecule has 0 aliphatic heterocycles. The van der Waals surface area contributed by atoms with Gasteiger partial charge < -0.3 is 10.7 Å². The second-order valence-electron chi connectivity index (χ2n) is 3.64. The predicted octanol–water partition coefficient (Wildman–Crippen LogP) is 1.43. The minimum atomic E-state index is 0.269. The fourth-order valence-electron chi connectivity index (χ4n) is 1.81. The molecule has 72 valence electrons. The molecule has 5 heteroatoms. The van der Waals surface area contributed by atoms with Crippen LogP contribution in [-0.2, 0) is 0 Å². The van der Waals surface area contributed by atoms with Crippen LogP contribution in [0.4, 0.5) is 0 Å². The van der Waals surface area contributed by atoms with Gasteiger partial charge >= 0.3 is 0 Å². The maximum Gasteiger partial charge on any atom is 0.142 e. The van der Waals surface area contributed by atoms with Gasteiger partial charge in [-0.15, -0.1) is 0 Å². The third-order valence-corrected chi connectivity index (χ3v) is 2.98. The highest BCUT2D eigenvalue weighted by Gasteiger charge is 2.37. The molecule has 3 N–H and O–H groups in total. The van der Waals surface area contributed by atoms with E-state index in [2.05, 4.69) is 15.0 Å². The summed E-state index contributed by atoms with van der Waals surface area (Å²) in [5.74, 6) is 0.423. The molecule has 0 amide bonds. The molecule has 14 heavy (non-hydrogen) atoms. The fraction of sp³-hybridized carbons (Fsp3) is 0.333. The van der Waals surface area contributed by atoms with Crippen molar-refractivity contribution in [1.29, 1.82) is 0 Å². The van der Waals surface area contributed by atoms with E-state index in [0.29, 0.717) is 11.1 Å². The molecule has 0 spiro atoms. The fourth-order valence-corrected chi connectivity index (χ4v) is 2.05. The first-order chi connectivity index (χ1) is 6.77. The van der Waals surface area contributed by atoms with Gasteiger partial charge in [0.25, 0.3) is 0 Å². The highest BCUT2D eigenvalue weighted by Crippen LogP contribution is 2.43. The number of nitrogens with one attached hydrogen (secondary N) is 1. The predicted molar refractivity (Wildman–Crippen MR) is 54.2 cm³/mol. The molecule has 2 atom stereocenters. The summed E-state index contributed by atoms with van der Waals surface area (Å²) in [7, 11) is 0. The van der Waals surface area contributed by atoms with Crippen molar-refractivity contribution in [3.05, 3.63) is 23.2 Å². The normalized spacial score (nSPS) is 25.6. The molecule has 0 bridgehead atoms. The zero-order valence-electron chi connectivity index (χ0n) is 7.37. The van der Waals surface area contributed by atoms with Crippen molar-refractivity contribution >= 4 is 22.6 Å². The Hall–Kier alpha value is -1.13. The molecule has 2 aromatic heterocycles. The average molecular weight is 209 g/mol. The Labute approximate surface area is 85.5 Å². The van der Waals surface area contributed by atoms with Gasteiger partial charge in [-0.1, -0.05) is 11.6 Å². The highest BCUT2D eigenvalue weighted by molar-refractivity contribution is 6.34. The Morgan fingerprint density at radius 2 is 2.29 bits per heavy atom. The first-order valence-electron chi connectivity index (χ1n) is 4.50. The minimum absolute atomic E-state index is 0.269. The highest BCUT2D eigenvalue weighted by atomic mass is 35.5. The Morgan fingerprint density at radius 1 is 1.50 bits per heavy atom. The van der Waals surface area contributed by atoms with Crippen LogP contribution in [0, 0.1) is 0 Å². The van der Waals surface area contributed by atoms with Crippen LogP contribution < -0.4 is 5.73 Å². The molecular weight excluding hydrogens is 200 g/mol. The summed E-state index contributed by atoms with van der Waals surface area (Å²) < 4.78 is 0. The Balaban J connectivity index is 2.25. The number of rotatable bonds is 1. The van der Waals surface area contributed by atoms with E-state index >= 15 is 0 Å². The molecule has 1 aliphatic carbocycles. The summed E-state index contributed by atoms with van der Waals surface area (Å²) in [5.41, 5.74) is 7.74. The third kappa shape index (κ3) is 1.04. The number of fused-ring (bicyclic) bond motifs is 1. The van der Waals surface area contributed by atoms with Crippen LogP contribution in [-0.4, -0.2) is 21.0 Å². The van der Waals surface area contributed by atoms with E-state index in [1.807, 2.05) is 6.20 Å². The first-order valence-corrected chi connectivity index (χ1v) is 4.88. The molecule has 1 fully saturated rings. The lowest BCUT2D eigenvalue weighted by Crippen LogP contribution is -2.00. The van der Waals surface area contributed by atoms with Gasteiger partial charge in [-0.3, -0.25) is 0 Å². The number of nitrogens with two attached hydrogens (primary N) is 1. The van der Waals surface area contributed by atoms with E-state index in [0.717, 1.165) is 23.0 Å². The van der Waals surface area contributed by atoms with Crippen LogP contribution in [0.25, 0.3) is 11.0 Å². The standard InChI is InChI=1S/C9H9ClN4/c10-8-7-5(4-1-6(4)11)2-12-9(7)14-3-13-8/h2-4,6H,1,11H2,(H,12,13,14)/t4-,6+/m0/s1. The lowest BCUT2D eigenvalue weighted by molar-refractivity contribution is 0.996. The lowest BCUT2D eigenvalue weighted by Gasteiger charge is -1.96. The summed E-state index contributed by atoms with van der Waals surface area (Å²) in [5, 5.41) is 1.43. The monoisotopic (exact) mass is 208 g/mol. The van der Waals surface area contributed by atoms with Crippen molar-refractivity contribution in [2.45, 2.75) is 18.4 Å². The van der Waals surface area contributed by atoms with Crippen molar-refractivity contribution in [3.63, 3.8) is 0 Å². The number of aromatic amines is 1. The summed E-state index contributed by atoms with van der Waals surface area (Å²) in [4.78, 5) is 11.2. The SMILES string of the molecule is N[C@@H]1C[C@H]1c1c[nH]c2ncnc(Cl)c12. The lowest BCUT2D eigenvalue weighted by atomic mass is 10.1. The Morgan fingerprint density at radius 3 is 3.00 bits per heavy atom. The minimum Gasteiger partial charge on any atom is -0.346 e. The maximum atomic E-state index is 6.01. The van der Waals surface area contributed by atoms with Crippen LogP contribution >= 0.6 is 11.6 Å². The number of halogens is 1. The average Bonchev–Trinajstić information content (AvgIpc) is 2.75. The van der Waals surface area contributed by atoms with E-state index in [1.54, 1.807) is 0 Å². The van der Waals surface area contributed by atoms with E-state index in [9.17, 15) is 0 Å². The number of hydrogen-bond donors (Lipinski definition) is 2. The smallest absolute Gasteiger partial charge is 0.142 e. The molecule has 1 aliphatic rings. The summed E-state index contributed by atoms with van der Waals surface area (Å²) >= 11 is 6.01. The van der Waals surface area contributed by atoms with Gasteiger partial charge in [-0.2, -0.15) is 0 Å². The molecule has 0 saturated heterocycles. The van der Waals surface area contributed by atoms with E-state index in [1.165, 1.54) is 6.33 Å². The van der Waals surface area contributed by atoms with Gasteiger partial charge in [-0.25, -0.2) is 9.97 Å². The van der Waals surface area contributed by atoms with Crippen molar-refractivity contribution < 1.29 is 0 Å². The van der Waals surface area contributed by atoms with Crippen LogP contribution in [0.15, 0.2) is 12.5 Å². The first kappa shape index (κ1) is 8.20. The quantitative estimate of drug-likeness (QED) is 0.697. The van der Waals surface area contributed by atoms with Gasteiger partial charge in [-0.05, 0) is 12.0 Å². The largest absolute Gasteiger partial charge is 0.346 e. The van der Waals surface area contributed by atoms with E-state index < -0.39 is 0 Å². The van der Waals surface area contributed by atoms with Gasteiger partial charge in [0, 0.05) is 18.2 Å². The molecule has 4 nitrogen and oxygen atoms in total. The number of hydrogen-bond acceptors (Lipinski definition) is 3. The van der Waals surface area contributed by atoms with Crippen LogP contribution in [0.2, 0.25) is 5.15 Å². The van der Waals surface area contributed by atoms with Crippen molar-refractivity contribution in [3.8, 4) is 0 Å². The second-order valence-corrected chi connectivity index (χ2v) is 4.00. The van der Waals surface area contributed by atoms with Crippen LogP contribution in [0.5, 0.6) is 0 Å².